The van der Waals surface area contributed by atoms with Crippen LogP contribution in [0.5, 0.6) is 0 Å². The van der Waals surface area contributed by atoms with E-state index in [1.807, 2.05) is 0 Å². The Morgan fingerprint density at radius 1 is 1.08 bits per heavy atom. The van der Waals surface area contributed by atoms with E-state index in [4.69, 9.17) is 23.2 Å². The van der Waals surface area contributed by atoms with Gasteiger partial charge in [0.2, 0.25) is 0 Å². The van der Waals surface area contributed by atoms with Crippen LogP contribution in [0.3, 0.4) is 0 Å². The molecule has 2 aromatic carbocycles. The number of aryl methyl sites for hydroxylation is 1. The zero-order chi connectivity index (χ0) is 28.1. The van der Waals surface area contributed by atoms with Gasteiger partial charge in [-0.05, 0) is 64.7 Å². The van der Waals surface area contributed by atoms with E-state index in [0.717, 1.165) is 18.2 Å². The minimum atomic E-state index is -4.63. The largest absolute Gasteiger partial charge is 0.405 e. The van der Waals surface area contributed by atoms with E-state index in [1.165, 1.54) is 44.2 Å². The molecule has 13 heteroatoms. The summed E-state index contributed by atoms with van der Waals surface area (Å²) in [6.45, 7) is 1.30. The van der Waals surface area contributed by atoms with Crippen LogP contribution in [0.2, 0.25) is 10.0 Å². The SMILES string of the molecule is C/C=C(/NC(=O)c1ccc(/C=C/C(c2cc(C)c(Cl)c(Cl)c2)C(F)(F)F)cc1Br)C(=O)NCC(F)(F)F. The Kier molecular flexibility index (Phi) is 10.3. The lowest BCUT2D eigenvalue weighted by atomic mass is 9.95. The van der Waals surface area contributed by atoms with E-state index in [-0.39, 0.29) is 25.6 Å². The molecule has 2 N–H and O–H groups in total. The topological polar surface area (TPSA) is 58.2 Å². The molecule has 0 aromatic heterocycles. The Balaban J connectivity index is 2.24. The fraction of sp³-hybridized carbons (Fsp3) is 0.250. The van der Waals surface area contributed by atoms with Gasteiger partial charge in [0.25, 0.3) is 11.8 Å². The van der Waals surface area contributed by atoms with Crippen molar-refractivity contribution >= 4 is 57.0 Å². The molecule has 0 saturated carbocycles. The number of allylic oxidation sites excluding steroid dienone is 2. The highest BCUT2D eigenvalue weighted by Gasteiger charge is 2.39. The molecule has 0 aliphatic rings. The van der Waals surface area contributed by atoms with Crippen LogP contribution in [0.25, 0.3) is 6.08 Å². The van der Waals surface area contributed by atoms with Crippen molar-refractivity contribution in [1.82, 2.24) is 10.6 Å². The number of hydrogen-bond donors (Lipinski definition) is 2. The first-order chi connectivity index (χ1) is 17.0. The highest BCUT2D eigenvalue weighted by molar-refractivity contribution is 9.10. The fourth-order valence-electron chi connectivity index (χ4n) is 3.09. The third kappa shape index (κ3) is 8.79. The van der Waals surface area contributed by atoms with Crippen LogP contribution < -0.4 is 10.6 Å². The van der Waals surface area contributed by atoms with Crippen molar-refractivity contribution < 1.29 is 35.9 Å². The number of benzene rings is 2. The molecule has 0 radical (unpaired) electrons. The van der Waals surface area contributed by atoms with Gasteiger partial charge in [-0.15, -0.1) is 0 Å². The van der Waals surface area contributed by atoms with Crippen LogP contribution in [0, 0.1) is 6.92 Å². The molecule has 0 aliphatic heterocycles. The average molecular weight is 632 g/mol. The molecule has 0 bridgehead atoms. The lowest BCUT2D eigenvalue weighted by Crippen LogP contribution is -2.39. The summed E-state index contributed by atoms with van der Waals surface area (Å²) < 4.78 is 78.5. The lowest BCUT2D eigenvalue weighted by molar-refractivity contribution is -0.139. The minimum Gasteiger partial charge on any atom is -0.342 e. The van der Waals surface area contributed by atoms with Crippen LogP contribution in [0.1, 0.15) is 39.9 Å². The summed E-state index contributed by atoms with van der Waals surface area (Å²) in [6.07, 6.45) is -5.99. The standard InChI is InChI=1S/C24H19BrCl2F6N2O2/c1-3-19(22(37)34-11-23(28,29)30)35-21(36)15-6-4-13(9-17(15)25)5-7-16(24(31,32)33)14-8-12(2)20(27)18(26)10-14/h3-10,16H,11H2,1-2H3,(H,34,37)(H,35,36)/b7-5+,19-3+. The van der Waals surface area contributed by atoms with E-state index in [9.17, 15) is 35.9 Å². The Morgan fingerprint density at radius 3 is 2.24 bits per heavy atom. The molecule has 0 spiro atoms. The predicted molar refractivity (Wildman–Crippen MR) is 133 cm³/mol. The van der Waals surface area contributed by atoms with Gasteiger partial charge in [-0.25, -0.2) is 0 Å². The van der Waals surface area contributed by atoms with Crippen LogP contribution in [-0.4, -0.2) is 30.7 Å². The number of halogens is 9. The van der Waals surface area contributed by atoms with Gasteiger partial charge in [-0.3, -0.25) is 9.59 Å². The van der Waals surface area contributed by atoms with Crippen LogP contribution in [0.4, 0.5) is 26.3 Å². The highest BCUT2D eigenvalue weighted by Crippen LogP contribution is 2.39. The normalized spacial score (nSPS) is 13.5. The third-order valence-electron chi connectivity index (χ3n) is 4.89. The Hall–Kier alpha value is -2.50. The summed E-state index contributed by atoms with van der Waals surface area (Å²) in [5.74, 6) is -3.95. The van der Waals surface area contributed by atoms with Gasteiger partial charge in [0.1, 0.15) is 12.2 Å². The minimum absolute atomic E-state index is 0.00685. The van der Waals surface area contributed by atoms with Gasteiger partial charge in [0, 0.05) is 4.47 Å². The maximum absolute atomic E-state index is 13.8. The van der Waals surface area contributed by atoms with Crippen LogP contribution >= 0.6 is 39.1 Å². The maximum Gasteiger partial charge on any atom is 0.405 e. The fourth-order valence-corrected chi connectivity index (χ4v) is 4.05. The molecule has 0 heterocycles. The molecular weight excluding hydrogens is 613 g/mol. The van der Waals surface area contributed by atoms with E-state index in [2.05, 4.69) is 21.2 Å². The second-order valence-corrected chi connectivity index (χ2v) is 9.35. The van der Waals surface area contributed by atoms with Crippen molar-refractivity contribution in [1.29, 1.82) is 0 Å². The van der Waals surface area contributed by atoms with Gasteiger partial charge in [0.05, 0.1) is 21.5 Å². The summed E-state index contributed by atoms with van der Waals surface area (Å²) in [5, 5.41) is 4.00. The van der Waals surface area contributed by atoms with Crippen molar-refractivity contribution in [3.8, 4) is 0 Å². The zero-order valence-electron chi connectivity index (χ0n) is 19.1. The van der Waals surface area contributed by atoms with Crippen molar-refractivity contribution in [2.24, 2.45) is 0 Å². The van der Waals surface area contributed by atoms with E-state index < -0.39 is 42.3 Å². The molecule has 2 aromatic rings. The predicted octanol–water partition coefficient (Wildman–Crippen LogP) is 7.74. The molecule has 37 heavy (non-hydrogen) atoms. The van der Waals surface area contributed by atoms with E-state index >= 15 is 0 Å². The smallest absolute Gasteiger partial charge is 0.342 e. The molecule has 0 aliphatic carbocycles. The average Bonchev–Trinajstić information content (AvgIpc) is 2.78. The van der Waals surface area contributed by atoms with E-state index in [1.54, 1.807) is 5.32 Å². The summed E-state index contributed by atoms with van der Waals surface area (Å²) in [4.78, 5) is 24.5. The molecule has 2 rings (SSSR count). The number of carbonyl (C=O) groups excluding carboxylic acids is 2. The highest BCUT2D eigenvalue weighted by atomic mass is 79.9. The number of nitrogens with one attached hydrogen (secondary N) is 2. The van der Waals surface area contributed by atoms with Crippen LogP contribution in [0.15, 0.2) is 52.7 Å². The van der Waals surface area contributed by atoms with Crippen molar-refractivity contribution in [3.63, 3.8) is 0 Å². The number of carbonyl (C=O) groups is 2. The Bertz CT molecular complexity index is 1220. The second-order valence-electron chi connectivity index (χ2n) is 7.71. The van der Waals surface area contributed by atoms with Gasteiger partial charge in [-0.2, -0.15) is 26.3 Å². The van der Waals surface area contributed by atoms with Gasteiger partial charge < -0.3 is 10.6 Å². The number of alkyl halides is 6. The summed E-state index contributed by atoms with van der Waals surface area (Å²) in [5.41, 5.74) is 0.178. The van der Waals surface area contributed by atoms with E-state index in [0.29, 0.717) is 11.1 Å². The number of rotatable bonds is 7. The molecule has 1 atom stereocenters. The third-order valence-corrected chi connectivity index (χ3v) is 6.45. The lowest BCUT2D eigenvalue weighted by Gasteiger charge is -2.19. The first kappa shape index (κ1) is 30.7. The summed E-state index contributed by atoms with van der Waals surface area (Å²) in [6, 6.07) is 6.46. The molecule has 4 nitrogen and oxygen atoms in total. The second kappa shape index (κ2) is 12.4. The van der Waals surface area contributed by atoms with Crippen molar-refractivity contribution in [2.75, 3.05) is 6.54 Å². The van der Waals surface area contributed by atoms with Gasteiger partial charge >= 0.3 is 12.4 Å². The molecule has 1 unspecified atom stereocenters. The van der Waals surface area contributed by atoms with Crippen molar-refractivity contribution in [2.45, 2.75) is 32.1 Å². The zero-order valence-corrected chi connectivity index (χ0v) is 22.2. The number of amides is 2. The maximum atomic E-state index is 13.8. The van der Waals surface area contributed by atoms with Crippen LogP contribution in [-0.2, 0) is 4.79 Å². The first-order valence-electron chi connectivity index (χ1n) is 10.4. The molecule has 0 fully saturated rings. The summed E-state index contributed by atoms with van der Waals surface area (Å²) in [7, 11) is 0. The molecular formula is C24H19BrCl2F6N2O2. The molecule has 2 amide bonds. The van der Waals surface area contributed by atoms with Gasteiger partial charge in [-0.1, -0.05) is 53.6 Å². The van der Waals surface area contributed by atoms with Gasteiger partial charge in [0.15, 0.2) is 0 Å². The molecule has 200 valence electrons. The Labute approximate surface area is 226 Å². The summed E-state index contributed by atoms with van der Waals surface area (Å²) >= 11 is 15.1. The quantitative estimate of drug-likeness (QED) is 0.243. The Morgan fingerprint density at radius 2 is 1.73 bits per heavy atom. The monoisotopic (exact) mass is 630 g/mol. The van der Waals surface area contributed by atoms with Crippen molar-refractivity contribution in [3.05, 3.63) is 85.0 Å². The number of hydrogen-bond acceptors (Lipinski definition) is 2. The first-order valence-corrected chi connectivity index (χ1v) is 11.9. The molecule has 0 saturated heterocycles.